The van der Waals surface area contributed by atoms with E-state index >= 15 is 0 Å². The summed E-state index contributed by atoms with van der Waals surface area (Å²) >= 11 is 1.21. The molecule has 0 spiro atoms. The zero-order chi connectivity index (χ0) is 14.4. The third-order valence-electron chi connectivity index (χ3n) is 3.36. The quantitative estimate of drug-likeness (QED) is 0.780. The van der Waals surface area contributed by atoms with Crippen LogP contribution in [-0.2, 0) is 4.74 Å². The Kier molecular flexibility index (Phi) is 5.60. The number of carbonyl (C=O) groups excluding carboxylic acids is 1. The monoisotopic (exact) mass is 298 g/mol. The van der Waals surface area contributed by atoms with Crippen molar-refractivity contribution in [2.24, 2.45) is 0 Å². The molecule has 7 heteroatoms. The maximum atomic E-state index is 11.8. The number of ether oxygens (including phenoxy) is 1. The van der Waals surface area contributed by atoms with E-state index in [0.29, 0.717) is 17.2 Å². The number of aromatic nitrogens is 1. The van der Waals surface area contributed by atoms with Crippen molar-refractivity contribution in [3.05, 3.63) is 5.56 Å². The van der Waals surface area contributed by atoms with Crippen LogP contribution in [0.15, 0.2) is 0 Å². The van der Waals surface area contributed by atoms with Crippen molar-refractivity contribution in [1.82, 2.24) is 9.27 Å². The van der Waals surface area contributed by atoms with Gasteiger partial charge in [-0.25, -0.2) is 4.79 Å². The molecule has 0 amide bonds. The lowest BCUT2D eigenvalue weighted by atomic mass is 10.1. The lowest BCUT2D eigenvalue weighted by molar-refractivity contribution is 0.0529. The fourth-order valence-electron chi connectivity index (χ4n) is 2.33. The van der Waals surface area contributed by atoms with Gasteiger partial charge in [-0.05, 0) is 44.4 Å². The molecule has 0 atom stereocenters. The number of esters is 1. The van der Waals surface area contributed by atoms with Gasteiger partial charge in [0.2, 0.25) is 0 Å². The van der Waals surface area contributed by atoms with Crippen molar-refractivity contribution in [3.63, 3.8) is 0 Å². The Morgan fingerprint density at radius 1 is 1.45 bits per heavy atom. The predicted octanol–water partition coefficient (Wildman–Crippen LogP) is 1.80. The van der Waals surface area contributed by atoms with Crippen LogP contribution in [0.1, 0.15) is 36.5 Å². The number of hydrogen-bond acceptors (Lipinski definition) is 7. The van der Waals surface area contributed by atoms with Crippen LogP contribution < -0.4 is 11.1 Å². The number of nitrogens with two attached hydrogens (primary N) is 1. The summed E-state index contributed by atoms with van der Waals surface area (Å²) in [4.78, 5) is 14.3. The second-order valence-corrected chi connectivity index (χ2v) is 5.59. The number of nitrogen functional groups attached to an aromatic ring is 1. The predicted molar refractivity (Wildman–Crippen MR) is 81.3 cm³/mol. The van der Waals surface area contributed by atoms with Crippen LogP contribution in [0.5, 0.6) is 0 Å². The van der Waals surface area contributed by atoms with Crippen LogP contribution in [0.4, 0.5) is 10.8 Å². The summed E-state index contributed by atoms with van der Waals surface area (Å²) in [5.74, 6) is -0.159. The number of likely N-dealkylation sites (tertiary alicyclic amines) is 1. The molecule has 6 nitrogen and oxygen atoms in total. The molecule has 20 heavy (non-hydrogen) atoms. The summed E-state index contributed by atoms with van der Waals surface area (Å²) in [5.41, 5.74) is 6.11. The molecule has 1 aromatic heterocycles. The van der Waals surface area contributed by atoms with Gasteiger partial charge in [-0.3, -0.25) is 0 Å². The van der Waals surface area contributed by atoms with E-state index < -0.39 is 5.97 Å². The van der Waals surface area contributed by atoms with Crippen molar-refractivity contribution >= 4 is 28.3 Å². The number of nitrogens with zero attached hydrogens (tertiary/aromatic N) is 2. The first-order valence-corrected chi connectivity index (χ1v) is 7.88. The van der Waals surface area contributed by atoms with Gasteiger partial charge in [-0.15, -0.1) is 0 Å². The third-order valence-corrected chi connectivity index (χ3v) is 4.18. The molecule has 0 unspecified atom stereocenters. The average molecular weight is 298 g/mol. The molecular formula is C13H22N4O2S. The first kappa shape index (κ1) is 15.1. The zero-order valence-corrected chi connectivity index (χ0v) is 12.7. The number of carbonyl (C=O) groups is 1. The van der Waals surface area contributed by atoms with Gasteiger partial charge < -0.3 is 20.7 Å². The molecule has 0 bridgehead atoms. The van der Waals surface area contributed by atoms with Crippen molar-refractivity contribution in [1.29, 1.82) is 0 Å². The maximum absolute atomic E-state index is 11.8. The van der Waals surface area contributed by atoms with E-state index in [4.69, 9.17) is 10.5 Å². The Balaban J connectivity index is 1.87. The molecule has 1 aromatic rings. The summed E-state index contributed by atoms with van der Waals surface area (Å²) in [5, 5.41) is 3.96. The molecule has 1 fully saturated rings. The Morgan fingerprint density at radius 3 is 2.90 bits per heavy atom. The van der Waals surface area contributed by atoms with E-state index in [1.54, 1.807) is 6.92 Å². The SMILES string of the molecule is CCOC(=O)c1c(N)nsc1NCCN1CCCCC1. The van der Waals surface area contributed by atoms with Crippen LogP contribution in [0.25, 0.3) is 0 Å². The third kappa shape index (κ3) is 3.83. The van der Waals surface area contributed by atoms with Crippen molar-refractivity contribution in [2.75, 3.05) is 43.8 Å². The molecule has 0 aromatic carbocycles. The van der Waals surface area contributed by atoms with Gasteiger partial charge in [-0.1, -0.05) is 6.42 Å². The fraction of sp³-hybridized carbons (Fsp3) is 0.692. The second kappa shape index (κ2) is 7.44. The maximum Gasteiger partial charge on any atom is 0.344 e. The number of anilines is 2. The van der Waals surface area contributed by atoms with E-state index in [1.165, 1.54) is 30.8 Å². The highest BCUT2D eigenvalue weighted by molar-refractivity contribution is 7.11. The van der Waals surface area contributed by atoms with Crippen molar-refractivity contribution in [3.8, 4) is 0 Å². The summed E-state index contributed by atoms with van der Waals surface area (Å²) in [7, 11) is 0. The van der Waals surface area contributed by atoms with E-state index in [1.807, 2.05) is 0 Å². The molecule has 1 saturated heterocycles. The van der Waals surface area contributed by atoms with Gasteiger partial charge in [0.05, 0.1) is 6.61 Å². The lowest BCUT2D eigenvalue weighted by Crippen LogP contribution is -2.33. The number of piperidine rings is 1. The topological polar surface area (TPSA) is 80.5 Å². The first-order chi connectivity index (χ1) is 9.72. The summed E-state index contributed by atoms with van der Waals surface area (Å²) < 4.78 is 9.03. The van der Waals surface area contributed by atoms with Gasteiger partial charge in [-0.2, -0.15) is 4.37 Å². The normalized spacial score (nSPS) is 16.1. The minimum absolute atomic E-state index is 0.244. The smallest absolute Gasteiger partial charge is 0.344 e. The van der Waals surface area contributed by atoms with Gasteiger partial charge in [0.1, 0.15) is 10.6 Å². The number of hydrogen-bond donors (Lipinski definition) is 2. The van der Waals surface area contributed by atoms with Crippen molar-refractivity contribution < 1.29 is 9.53 Å². The van der Waals surface area contributed by atoms with Gasteiger partial charge in [0.25, 0.3) is 0 Å². The first-order valence-electron chi connectivity index (χ1n) is 7.11. The second-order valence-electron chi connectivity index (χ2n) is 4.82. The minimum Gasteiger partial charge on any atom is -0.462 e. The van der Waals surface area contributed by atoms with Crippen LogP contribution in [0.2, 0.25) is 0 Å². The van der Waals surface area contributed by atoms with E-state index in [2.05, 4.69) is 14.6 Å². The summed E-state index contributed by atoms with van der Waals surface area (Å²) in [6.07, 6.45) is 3.89. The highest BCUT2D eigenvalue weighted by Gasteiger charge is 2.20. The van der Waals surface area contributed by atoms with Gasteiger partial charge in [0.15, 0.2) is 5.82 Å². The number of rotatable bonds is 6. The Bertz CT molecular complexity index is 444. The molecule has 3 N–H and O–H groups in total. The summed E-state index contributed by atoms with van der Waals surface area (Å²) in [6, 6.07) is 0. The highest BCUT2D eigenvalue weighted by Crippen LogP contribution is 2.27. The molecule has 2 rings (SSSR count). The van der Waals surface area contributed by atoms with Crippen LogP contribution in [0, 0.1) is 0 Å². The molecule has 0 saturated carbocycles. The molecule has 0 aliphatic carbocycles. The molecule has 2 heterocycles. The zero-order valence-electron chi connectivity index (χ0n) is 11.9. The Hall–Kier alpha value is -1.34. The standard InChI is InChI=1S/C13H22N4O2S/c1-2-19-13(18)10-11(14)16-20-12(10)15-6-9-17-7-4-3-5-8-17/h15H,2-9H2,1H3,(H2,14,16). The molecule has 112 valence electrons. The fourth-order valence-corrected chi connectivity index (χ4v) is 3.06. The van der Waals surface area contributed by atoms with E-state index in [-0.39, 0.29) is 5.82 Å². The van der Waals surface area contributed by atoms with E-state index in [0.717, 1.165) is 26.2 Å². The van der Waals surface area contributed by atoms with Crippen LogP contribution in [0.3, 0.4) is 0 Å². The van der Waals surface area contributed by atoms with Crippen molar-refractivity contribution in [2.45, 2.75) is 26.2 Å². The van der Waals surface area contributed by atoms with E-state index in [9.17, 15) is 4.79 Å². The molecule has 0 radical (unpaired) electrons. The molecule has 1 aliphatic heterocycles. The molecule has 1 aliphatic rings. The number of nitrogens with one attached hydrogen (secondary N) is 1. The Morgan fingerprint density at radius 2 is 2.20 bits per heavy atom. The lowest BCUT2D eigenvalue weighted by Gasteiger charge is -2.26. The average Bonchev–Trinajstić information content (AvgIpc) is 2.81. The Labute approximate surface area is 123 Å². The van der Waals surface area contributed by atoms with Gasteiger partial charge >= 0.3 is 5.97 Å². The highest BCUT2D eigenvalue weighted by atomic mass is 32.1. The van der Waals surface area contributed by atoms with Gasteiger partial charge in [0, 0.05) is 13.1 Å². The minimum atomic E-state index is -0.403. The molecular weight excluding hydrogens is 276 g/mol. The largest absolute Gasteiger partial charge is 0.462 e. The summed E-state index contributed by atoms with van der Waals surface area (Å²) in [6.45, 7) is 6.20. The van der Waals surface area contributed by atoms with Crippen LogP contribution >= 0.6 is 11.5 Å². The van der Waals surface area contributed by atoms with Crippen LogP contribution in [-0.4, -0.2) is 48.0 Å².